The van der Waals surface area contributed by atoms with Crippen LogP contribution in [0.5, 0.6) is 0 Å². The minimum Gasteiger partial charge on any atom is -0.378 e. The van der Waals surface area contributed by atoms with Gasteiger partial charge in [0.25, 0.3) is 0 Å². The fourth-order valence-electron chi connectivity index (χ4n) is 6.41. The number of morpholine rings is 1. The number of aryl methyl sites for hydroxylation is 2. The van der Waals surface area contributed by atoms with E-state index >= 15 is 0 Å². The molecule has 0 bridgehead atoms. The number of benzene rings is 2. The molecule has 0 aliphatic carbocycles. The summed E-state index contributed by atoms with van der Waals surface area (Å²) in [6, 6.07) is 15.5. The van der Waals surface area contributed by atoms with Crippen LogP contribution in [0, 0.1) is 6.92 Å². The summed E-state index contributed by atoms with van der Waals surface area (Å²) in [5.74, 6) is 1.86. The Labute approximate surface area is 272 Å². The van der Waals surface area contributed by atoms with Crippen molar-refractivity contribution in [2.45, 2.75) is 52.7 Å². The van der Waals surface area contributed by atoms with Crippen molar-refractivity contribution in [3.63, 3.8) is 0 Å². The molecule has 2 aliphatic heterocycles. The Hall–Kier alpha value is -4.45. The predicted molar refractivity (Wildman–Crippen MR) is 184 cm³/mol. The standard InChI is InChI=1S/C35H38N8O2S/c1-21-4-7-27-16-26(10-11-29(27)43(21)23(3)44)25-8-5-24(6-9-25)17-37-20-30-22(2)31-32(46-30)34(42-12-14-45-15-13-42)41-33(40-31)28-18-38-35(36)39-19-28/h5-6,8-11,16,18-19,21,37H,4,7,12-15,17,20H2,1-3H3,(H2,36,38,39)/t21-/m0/s1. The van der Waals surface area contributed by atoms with Crippen LogP contribution in [0.25, 0.3) is 32.7 Å². The lowest BCUT2D eigenvalue weighted by Crippen LogP contribution is -2.40. The van der Waals surface area contributed by atoms with Gasteiger partial charge in [0.1, 0.15) is 0 Å². The van der Waals surface area contributed by atoms with Crippen LogP contribution < -0.4 is 20.9 Å². The zero-order valence-electron chi connectivity index (χ0n) is 26.4. The van der Waals surface area contributed by atoms with Crippen molar-refractivity contribution in [2.75, 3.05) is 41.8 Å². The summed E-state index contributed by atoms with van der Waals surface area (Å²) in [7, 11) is 0. The van der Waals surface area contributed by atoms with Gasteiger partial charge in [0.15, 0.2) is 11.6 Å². The van der Waals surface area contributed by atoms with Crippen molar-refractivity contribution < 1.29 is 9.53 Å². The predicted octanol–water partition coefficient (Wildman–Crippen LogP) is 5.52. The number of hydrogen-bond donors (Lipinski definition) is 2. The first-order valence-corrected chi connectivity index (χ1v) is 16.6. The van der Waals surface area contributed by atoms with E-state index in [9.17, 15) is 4.79 Å². The molecule has 3 N–H and O–H groups in total. The number of ether oxygens (including phenoxy) is 1. The van der Waals surface area contributed by atoms with E-state index in [1.165, 1.54) is 27.1 Å². The van der Waals surface area contributed by atoms with Crippen molar-refractivity contribution in [1.29, 1.82) is 0 Å². The number of amides is 1. The monoisotopic (exact) mass is 634 g/mol. The first-order valence-electron chi connectivity index (χ1n) is 15.8. The van der Waals surface area contributed by atoms with Crippen LogP contribution >= 0.6 is 11.3 Å². The fraction of sp³-hybridized carbons (Fsp3) is 0.343. The highest BCUT2D eigenvalue weighted by atomic mass is 32.1. The zero-order chi connectivity index (χ0) is 31.8. The number of carbonyl (C=O) groups excluding carboxylic acids is 1. The summed E-state index contributed by atoms with van der Waals surface area (Å²) in [6.07, 6.45) is 5.33. The quantitative estimate of drug-likeness (QED) is 0.238. The topological polar surface area (TPSA) is 122 Å². The summed E-state index contributed by atoms with van der Waals surface area (Å²) in [6.45, 7) is 10.3. The van der Waals surface area contributed by atoms with E-state index in [1.807, 2.05) is 4.90 Å². The van der Waals surface area contributed by atoms with Crippen molar-refractivity contribution in [2.24, 2.45) is 0 Å². The Balaban J connectivity index is 1.08. The molecule has 5 heterocycles. The highest BCUT2D eigenvalue weighted by Gasteiger charge is 2.26. The second-order valence-corrected chi connectivity index (χ2v) is 13.2. The second kappa shape index (κ2) is 12.7. The maximum atomic E-state index is 12.3. The maximum Gasteiger partial charge on any atom is 0.224 e. The van der Waals surface area contributed by atoms with Crippen LogP contribution in [0.3, 0.4) is 0 Å². The van der Waals surface area contributed by atoms with Crippen LogP contribution in [0.15, 0.2) is 54.9 Å². The maximum absolute atomic E-state index is 12.3. The number of nitrogens with two attached hydrogens (primary N) is 1. The van der Waals surface area contributed by atoms with E-state index < -0.39 is 0 Å². The summed E-state index contributed by atoms with van der Waals surface area (Å²) in [4.78, 5) is 36.0. The molecule has 10 nitrogen and oxygen atoms in total. The Morgan fingerprint density at radius 1 is 1.02 bits per heavy atom. The number of nitrogens with one attached hydrogen (secondary N) is 1. The number of nitrogens with zero attached hydrogens (tertiary/aromatic N) is 6. The number of anilines is 3. The third kappa shape index (κ3) is 5.93. The van der Waals surface area contributed by atoms with Crippen molar-refractivity contribution >= 4 is 44.9 Å². The lowest BCUT2D eigenvalue weighted by Gasteiger charge is -2.34. The third-order valence-electron chi connectivity index (χ3n) is 8.94. The van der Waals surface area contributed by atoms with Crippen LogP contribution in [-0.4, -0.2) is 58.2 Å². The van der Waals surface area contributed by atoms with E-state index in [0.717, 1.165) is 71.9 Å². The number of carbonyl (C=O) groups is 1. The number of fused-ring (bicyclic) bond motifs is 2. The molecule has 3 aromatic heterocycles. The second-order valence-electron chi connectivity index (χ2n) is 12.0. The molecule has 2 aliphatic rings. The largest absolute Gasteiger partial charge is 0.378 e. The normalized spacial score (nSPS) is 16.5. The number of rotatable bonds is 7. The number of thiophene rings is 1. The molecular weight excluding hydrogens is 597 g/mol. The molecule has 1 saturated heterocycles. The van der Waals surface area contributed by atoms with Gasteiger partial charge in [0.2, 0.25) is 11.9 Å². The summed E-state index contributed by atoms with van der Waals surface area (Å²) < 4.78 is 6.71. The lowest BCUT2D eigenvalue weighted by atomic mass is 9.93. The first-order chi connectivity index (χ1) is 22.4. The Morgan fingerprint density at radius 2 is 1.76 bits per heavy atom. The van der Waals surface area contributed by atoms with E-state index in [4.69, 9.17) is 20.4 Å². The number of aromatic nitrogens is 4. The van der Waals surface area contributed by atoms with Gasteiger partial charge in [-0.05, 0) is 66.6 Å². The molecule has 0 unspecified atom stereocenters. The summed E-state index contributed by atoms with van der Waals surface area (Å²) >= 11 is 1.75. The minimum absolute atomic E-state index is 0.104. The van der Waals surface area contributed by atoms with E-state index in [2.05, 4.69) is 76.5 Å². The van der Waals surface area contributed by atoms with Gasteiger partial charge < -0.3 is 25.6 Å². The number of nitrogen functional groups attached to an aromatic ring is 1. The average Bonchev–Trinajstić information content (AvgIpc) is 3.39. The highest BCUT2D eigenvalue weighted by molar-refractivity contribution is 7.19. The zero-order valence-corrected chi connectivity index (χ0v) is 27.2. The van der Waals surface area contributed by atoms with Gasteiger partial charge in [-0.25, -0.2) is 19.9 Å². The van der Waals surface area contributed by atoms with Crippen molar-refractivity contribution in [1.82, 2.24) is 25.3 Å². The van der Waals surface area contributed by atoms with Crippen LogP contribution in [0.4, 0.5) is 17.5 Å². The third-order valence-corrected chi connectivity index (χ3v) is 10.2. The molecular formula is C35H38N8O2S. The van der Waals surface area contributed by atoms with E-state index in [-0.39, 0.29) is 17.9 Å². The SMILES string of the molecule is CC(=O)N1c2ccc(-c3ccc(CNCc4sc5c(N6CCOCC6)nc(-c6cnc(N)nc6)nc5c4C)cc3)cc2CC[C@@H]1C. The Kier molecular flexibility index (Phi) is 8.37. The molecule has 236 valence electrons. The van der Waals surface area contributed by atoms with Crippen LogP contribution in [-0.2, 0) is 29.0 Å². The average molecular weight is 635 g/mol. The van der Waals surface area contributed by atoms with Gasteiger partial charge in [-0.2, -0.15) is 0 Å². The Morgan fingerprint density at radius 3 is 2.50 bits per heavy atom. The van der Waals surface area contributed by atoms with E-state index in [0.29, 0.717) is 19.0 Å². The first kappa shape index (κ1) is 30.2. The molecule has 46 heavy (non-hydrogen) atoms. The molecule has 2 aromatic carbocycles. The van der Waals surface area contributed by atoms with Crippen LogP contribution in [0.2, 0.25) is 0 Å². The molecule has 1 amide bonds. The van der Waals surface area contributed by atoms with Crippen LogP contribution in [0.1, 0.15) is 41.8 Å². The Bertz CT molecular complexity index is 1880. The lowest BCUT2D eigenvalue weighted by molar-refractivity contribution is -0.117. The smallest absolute Gasteiger partial charge is 0.224 e. The molecule has 0 spiro atoms. The van der Waals surface area contributed by atoms with Gasteiger partial charge in [0, 0.05) is 62.1 Å². The van der Waals surface area contributed by atoms with Gasteiger partial charge in [0.05, 0.1) is 29.0 Å². The fourth-order valence-corrected chi connectivity index (χ4v) is 7.64. The van der Waals surface area contributed by atoms with Crippen molar-refractivity contribution in [3.05, 3.63) is 76.4 Å². The van der Waals surface area contributed by atoms with Gasteiger partial charge in [-0.1, -0.05) is 30.3 Å². The molecule has 0 saturated carbocycles. The molecule has 0 radical (unpaired) electrons. The van der Waals surface area contributed by atoms with Gasteiger partial charge in [-0.15, -0.1) is 11.3 Å². The van der Waals surface area contributed by atoms with E-state index in [1.54, 1.807) is 30.7 Å². The molecule has 7 rings (SSSR count). The molecule has 5 aromatic rings. The molecule has 1 atom stereocenters. The number of hydrogen-bond acceptors (Lipinski definition) is 10. The van der Waals surface area contributed by atoms with Gasteiger partial charge >= 0.3 is 0 Å². The molecule has 1 fully saturated rings. The van der Waals surface area contributed by atoms with Crippen molar-refractivity contribution in [3.8, 4) is 22.5 Å². The summed E-state index contributed by atoms with van der Waals surface area (Å²) in [5.41, 5.74) is 14.4. The van der Waals surface area contributed by atoms with Gasteiger partial charge in [-0.3, -0.25) is 4.79 Å². The minimum atomic E-state index is 0.104. The molecule has 11 heteroatoms. The highest BCUT2D eigenvalue weighted by Crippen LogP contribution is 2.38. The summed E-state index contributed by atoms with van der Waals surface area (Å²) in [5, 5.41) is 3.65.